The third kappa shape index (κ3) is 4.11. The number of amides is 1. The van der Waals surface area contributed by atoms with Crippen molar-refractivity contribution in [1.82, 2.24) is 10.3 Å². The molecule has 1 aliphatic carbocycles. The number of pyridine rings is 1. The van der Waals surface area contributed by atoms with E-state index in [0.29, 0.717) is 18.5 Å². The zero-order valence-corrected chi connectivity index (χ0v) is 10.6. The standard InChI is InChI=1S/C14H21N3O/c15-12-2-4-13(5-3-12)17-14(18)6-1-11-7-9-16-10-8-11/h7-10,12-13H,1-6,15H2,(H,17,18). The van der Waals surface area contributed by atoms with Gasteiger partial charge in [0.1, 0.15) is 0 Å². The van der Waals surface area contributed by atoms with E-state index in [-0.39, 0.29) is 5.91 Å². The Bertz CT molecular complexity index is 372. The number of nitrogens with two attached hydrogens (primary N) is 1. The highest BCUT2D eigenvalue weighted by atomic mass is 16.1. The summed E-state index contributed by atoms with van der Waals surface area (Å²) < 4.78 is 0. The normalized spacial score (nSPS) is 23.6. The molecule has 1 saturated carbocycles. The molecule has 3 N–H and O–H groups in total. The molecule has 0 aromatic carbocycles. The van der Waals surface area contributed by atoms with Gasteiger partial charge in [0.15, 0.2) is 0 Å². The summed E-state index contributed by atoms with van der Waals surface area (Å²) in [4.78, 5) is 15.8. The predicted octanol–water partition coefficient (Wildman–Crippen LogP) is 1.40. The van der Waals surface area contributed by atoms with Gasteiger partial charge in [-0.05, 0) is 49.8 Å². The average Bonchev–Trinajstić information content (AvgIpc) is 2.40. The molecule has 0 atom stereocenters. The summed E-state index contributed by atoms with van der Waals surface area (Å²) >= 11 is 0. The average molecular weight is 247 g/mol. The first-order valence-corrected chi connectivity index (χ1v) is 6.68. The molecule has 0 unspecified atom stereocenters. The third-order valence-corrected chi connectivity index (χ3v) is 3.53. The lowest BCUT2D eigenvalue weighted by Gasteiger charge is -2.26. The maximum Gasteiger partial charge on any atom is 0.220 e. The van der Waals surface area contributed by atoms with Crippen LogP contribution in [0.5, 0.6) is 0 Å². The molecule has 1 aromatic rings. The Morgan fingerprint density at radius 3 is 2.61 bits per heavy atom. The van der Waals surface area contributed by atoms with Crippen molar-refractivity contribution in [2.45, 2.75) is 50.6 Å². The van der Waals surface area contributed by atoms with Crippen LogP contribution in [0.25, 0.3) is 0 Å². The lowest BCUT2D eigenvalue weighted by molar-refractivity contribution is -0.122. The van der Waals surface area contributed by atoms with Gasteiger partial charge in [0.25, 0.3) is 0 Å². The van der Waals surface area contributed by atoms with Crippen molar-refractivity contribution in [3.63, 3.8) is 0 Å². The lowest BCUT2D eigenvalue weighted by atomic mass is 9.92. The number of carbonyl (C=O) groups is 1. The van der Waals surface area contributed by atoms with E-state index in [4.69, 9.17) is 5.73 Å². The van der Waals surface area contributed by atoms with Gasteiger partial charge in [-0.15, -0.1) is 0 Å². The Labute approximate surface area is 108 Å². The first kappa shape index (κ1) is 13.0. The summed E-state index contributed by atoms with van der Waals surface area (Å²) in [5.74, 6) is 0.146. The van der Waals surface area contributed by atoms with Crippen molar-refractivity contribution in [1.29, 1.82) is 0 Å². The number of aromatic nitrogens is 1. The van der Waals surface area contributed by atoms with Gasteiger partial charge in [-0.25, -0.2) is 0 Å². The van der Waals surface area contributed by atoms with Gasteiger partial charge in [0, 0.05) is 30.9 Å². The van der Waals surface area contributed by atoms with Crippen LogP contribution in [0, 0.1) is 0 Å². The Balaban J connectivity index is 1.69. The van der Waals surface area contributed by atoms with Crippen molar-refractivity contribution in [3.8, 4) is 0 Å². The van der Waals surface area contributed by atoms with Crippen molar-refractivity contribution >= 4 is 5.91 Å². The minimum atomic E-state index is 0.146. The van der Waals surface area contributed by atoms with Gasteiger partial charge < -0.3 is 11.1 Å². The highest BCUT2D eigenvalue weighted by Crippen LogP contribution is 2.17. The fourth-order valence-corrected chi connectivity index (χ4v) is 2.37. The summed E-state index contributed by atoms with van der Waals surface area (Å²) in [5, 5.41) is 3.10. The van der Waals surface area contributed by atoms with Crippen molar-refractivity contribution in [3.05, 3.63) is 30.1 Å². The SMILES string of the molecule is NC1CCC(NC(=O)CCc2ccncc2)CC1. The van der Waals surface area contributed by atoms with E-state index in [1.165, 1.54) is 0 Å². The zero-order chi connectivity index (χ0) is 12.8. The maximum atomic E-state index is 11.8. The molecule has 0 spiro atoms. The quantitative estimate of drug-likeness (QED) is 0.845. The Morgan fingerprint density at radius 1 is 1.28 bits per heavy atom. The Morgan fingerprint density at radius 2 is 1.94 bits per heavy atom. The largest absolute Gasteiger partial charge is 0.353 e. The van der Waals surface area contributed by atoms with E-state index in [1.807, 2.05) is 12.1 Å². The van der Waals surface area contributed by atoms with Crippen LogP contribution < -0.4 is 11.1 Å². The molecule has 1 aromatic heterocycles. The summed E-state index contributed by atoms with van der Waals surface area (Å²) in [7, 11) is 0. The summed E-state index contributed by atoms with van der Waals surface area (Å²) in [5.41, 5.74) is 7.00. The van der Waals surface area contributed by atoms with Crippen LogP contribution in [0.2, 0.25) is 0 Å². The number of hydrogen-bond donors (Lipinski definition) is 2. The first-order chi connectivity index (χ1) is 8.74. The number of carbonyl (C=O) groups excluding carboxylic acids is 1. The molecule has 1 heterocycles. The second-order valence-corrected chi connectivity index (χ2v) is 5.03. The molecule has 4 nitrogen and oxygen atoms in total. The van der Waals surface area contributed by atoms with E-state index in [2.05, 4.69) is 10.3 Å². The van der Waals surface area contributed by atoms with Gasteiger partial charge >= 0.3 is 0 Å². The fourth-order valence-electron chi connectivity index (χ4n) is 2.37. The van der Waals surface area contributed by atoms with Gasteiger partial charge in [-0.1, -0.05) is 0 Å². The van der Waals surface area contributed by atoms with Gasteiger partial charge in [-0.3, -0.25) is 9.78 Å². The van der Waals surface area contributed by atoms with Crippen LogP contribution in [0.4, 0.5) is 0 Å². The zero-order valence-electron chi connectivity index (χ0n) is 10.6. The van der Waals surface area contributed by atoms with E-state index >= 15 is 0 Å². The van der Waals surface area contributed by atoms with Crippen molar-refractivity contribution < 1.29 is 4.79 Å². The second-order valence-electron chi connectivity index (χ2n) is 5.03. The molecule has 4 heteroatoms. The van der Waals surface area contributed by atoms with E-state index < -0.39 is 0 Å². The molecule has 1 fully saturated rings. The highest BCUT2D eigenvalue weighted by Gasteiger charge is 2.19. The number of rotatable bonds is 4. The fraction of sp³-hybridized carbons (Fsp3) is 0.571. The van der Waals surface area contributed by atoms with Crippen LogP contribution >= 0.6 is 0 Å². The molecule has 1 aliphatic rings. The summed E-state index contributed by atoms with van der Waals surface area (Å²) in [6.07, 6.45) is 8.92. The topological polar surface area (TPSA) is 68.0 Å². The minimum absolute atomic E-state index is 0.146. The maximum absolute atomic E-state index is 11.8. The van der Waals surface area contributed by atoms with Crippen LogP contribution in [0.3, 0.4) is 0 Å². The monoisotopic (exact) mass is 247 g/mol. The molecule has 1 amide bonds. The minimum Gasteiger partial charge on any atom is -0.353 e. The highest BCUT2D eigenvalue weighted by molar-refractivity contribution is 5.76. The Hall–Kier alpha value is -1.42. The molecular formula is C14H21N3O. The van der Waals surface area contributed by atoms with Crippen LogP contribution in [0.15, 0.2) is 24.5 Å². The van der Waals surface area contributed by atoms with Gasteiger partial charge in [-0.2, -0.15) is 0 Å². The van der Waals surface area contributed by atoms with Crippen LogP contribution in [0.1, 0.15) is 37.7 Å². The number of hydrogen-bond acceptors (Lipinski definition) is 3. The van der Waals surface area contributed by atoms with Crippen LogP contribution in [-0.2, 0) is 11.2 Å². The van der Waals surface area contributed by atoms with Crippen molar-refractivity contribution in [2.75, 3.05) is 0 Å². The number of aryl methyl sites for hydroxylation is 1. The molecule has 98 valence electrons. The number of nitrogens with zero attached hydrogens (tertiary/aromatic N) is 1. The molecule has 0 bridgehead atoms. The molecule has 2 rings (SSSR count). The lowest BCUT2D eigenvalue weighted by Crippen LogP contribution is -2.40. The molecule has 0 radical (unpaired) electrons. The third-order valence-electron chi connectivity index (χ3n) is 3.53. The molecule has 0 saturated heterocycles. The smallest absolute Gasteiger partial charge is 0.220 e. The number of nitrogens with one attached hydrogen (secondary N) is 1. The second kappa shape index (κ2) is 6.50. The van der Waals surface area contributed by atoms with Crippen molar-refractivity contribution in [2.24, 2.45) is 5.73 Å². The predicted molar refractivity (Wildman–Crippen MR) is 70.9 cm³/mol. The summed E-state index contributed by atoms with van der Waals surface area (Å²) in [6, 6.07) is 4.56. The Kier molecular flexibility index (Phi) is 4.70. The van der Waals surface area contributed by atoms with Gasteiger partial charge in [0.05, 0.1) is 0 Å². The van der Waals surface area contributed by atoms with E-state index in [0.717, 1.165) is 37.7 Å². The van der Waals surface area contributed by atoms with E-state index in [9.17, 15) is 4.79 Å². The van der Waals surface area contributed by atoms with Gasteiger partial charge in [0.2, 0.25) is 5.91 Å². The molecule has 18 heavy (non-hydrogen) atoms. The first-order valence-electron chi connectivity index (χ1n) is 6.68. The van der Waals surface area contributed by atoms with Crippen LogP contribution in [-0.4, -0.2) is 23.0 Å². The molecular weight excluding hydrogens is 226 g/mol. The van der Waals surface area contributed by atoms with E-state index in [1.54, 1.807) is 12.4 Å². The summed E-state index contributed by atoms with van der Waals surface area (Å²) in [6.45, 7) is 0. The molecule has 0 aliphatic heterocycles.